The summed E-state index contributed by atoms with van der Waals surface area (Å²) in [6.45, 7) is 2.49. The van der Waals surface area contributed by atoms with Crippen LogP contribution < -0.4 is 15.0 Å². The quantitative estimate of drug-likeness (QED) is 0.659. The summed E-state index contributed by atoms with van der Waals surface area (Å²) in [5.41, 5.74) is 4.68. The van der Waals surface area contributed by atoms with E-state index in [0.717, 1.165) is 34.5 Å². The van der Waals surface area contributed by atoms with Crippen LogP contribution in [0.4, 0.5) is 5.69 Å². The number of nitrogens with one attached hydrogen (secondary N) is 1. The highest BCUT2D eigenvalue weighted by atomic mass is 16.5. The van der Waals surface area contributed by atoms with Gasteiger partial charge in [0.15, 0.2) is 0 Å². The zero-order chi connectivity index (χ0) is 21.8. The van der Waals surface area contributed by atoms with Crippen molar-refractivity contribution in [3.63, 3.8) is 0 Å². The third kappa shape index (κ3) is 4.61. The van der Waals surface area contributed by atoms with Gasteiger partial charge in [-0.2, -0.15) is 0 Å². The number of ether oxygens (including phenoxy) is 1. The highest BCUT2D eigenvalue weighted by Crippen LogP contribution is 2.34. The van der Waals surface area contributed by atoms with Crippen LogP contribution in [0.1, 0.15) is 34.0 Å². The van der Waals surface area contributed by atoms with Crippen LogP contribution in [0.15, 0.2) is 72.8 Å². The number of fused-ring (bicyclic) bond motifs is 1. The lowest BCUT2D eigenvalue weighted by molar-refractivity contribution is -0.120. The number of carbonyl (C=O) groups is 2. The van der Waals surface area contributed by atoms with Gasteiger partial charge in [0.2, 0.25) is 5.91 Å². The lowest BCUT2D eigenvalue weighted by atomic mass is 10.1. The molecule has 1 N–H and O–H groups in total. The molecular weight excluding hydrogens is 388 g/mol. The molecule has 0 bridgehead atoms. The van der Waals surface area contributed by atoms with Gasteiger partial charge in [-0.05, 0) is 60.4 Å². The molecule has 2 amide bonds. The van der Waals surface area contributed by atoms with Crippen LogP contribution in [0.5, 0.6) is 5.75 Å². The maximum absolute atomic E-state index is 13.1. The lowest BCUT2D eigenvalue weighted by Gasteiger charge is -2.23. The van der Waals surface area contributed by atoms with E-state index in [-0.39, 0.29) is 17.9 Å². The fourth-order valence-electron chi connectivity index (χ4n) is 3.98. The van der Waals surface area contributed by atoms with Crippen molar-refractivity contribution < 1.29 is 14.3 Å². The Morgan fingerprint density at radius 1 is 1.00 bits per heavy atom. The number of nitrogens with zero attached hydrogens (tertiary/aromatic N) is 1. The standard InChI is InChI=1S/C26H26N2O3/c1-18-14-22-11-8-20(15-24(22)28(18)26(30)21-6-4-3-5-7-21)17-27-25(29)16-19-9-12-23(31-2)13-10-19/h3-13,15,18H,14,16-17H2,1-2H3,(H,27,29)/t18-/m0/s1. The summed E-state index contributed by atoms with van der Waals surface area (Å²) >= 11 is 0. The first-order valence-electron chi connectivity index (χ1n) is 10.4. The molecule has 0 saturated carbocycles. The highest BCUT2D eigenvalue weighted by molar-refractivity contribution is 6.07. The Kier molecular flexibility index (Phi) is 6.03. The molecule has 0 saturated heterocycles. The van der Waals surface area contributed by atoms with Crippen LogP contribution in [0.25, 0.3) is 0 Å². The summed E-state index contributed by atoms with van der Waals surface area (Å²) in [5.74, 6) is 0.731. The SMILES string of the molecule is COc1ccc(CC(=O)NCc2ccc3c(c2)N(C(=O)c2ccccc2)[C@@H](C)C3)cc1. The number of benzene rings is 3. The first-order chi connectivity index (χ1) is 15.0. The fraction of sp³-hybridized carbons (Fsp3) is 0.231. The van der Waals surface area contributed by atoms with E-state index in [0.29, 0.717) is 18.5 Å². The first kappa shape index (κ1) is 20.7. The Bertz CT molecular complexity index is 1080. The molecule has 3 aromatic rings. The zero-order valence-corrected chi connectivity index (χ0v) is 17.8. The molecule has 3 aromatic carbocycles. The average Bonchev–Trinajstić information content (AvgIpc) is 3.13. The zero-order valence-electron chi connectivity index (χ0n) is 17.8. The van der Waals surface area contributed by atoms with Crippen molar-refractivity contribution in [2.75, 3.05) is 12.0 Å². The topological polar surface area (TPSA) is 58.6 Å². The number of amides is 2. The van der Waals surface area contributed by atoms with Crippen molar-refractivity contribution >= 4 is 17.5 Å². The van der Waals surface area contributed by atoms with E-state index in [1.54, 1.807) is 7.11 Å². The molecule has 0 radical (unpaired) electrons. The smallest absolute Gasteiger partial charge is 0.258 e. The van der Waals surface area contributed by atoms with E-state index in [1.165, 1.54) is 0 Å². The number of methoxy groups -OCH3 is 1. The molecule has 1 heterocycles. The van der Waals surface area contributed by atoms with Crippen molar-refractivity contribution in [3.05, 3.63) is 95.1 Å². The Labute approximate surface area is 182 Å². The van der Waals surface area contributed by atoms with E-state index < -0.39 is 0 Å². The van der Waals surface area contributed by atoms with Crippen molar-refractivity contribution in [3.8, 4) is 5.75 Å². The van der Waals surface area contributed by atoms with Crippen LogP contribution in [-0.2, 0) is 24.2 Å². The van der Waals surface area contributed by atoms with Crippen LogP contribution in [-0.4, -0.2) is 25.0 Å². The molecule has 4 rings (SSSR count). The molecule has 1 aliphatic rings. The van der Waals surface area contributed by atoms with E-state index in [1.807, 2.05) is 71.6 Å². The second kappa shape index (κ2) is 9.04. The number of hydrogen-bond acceptors (Lipinski definition) is 3. The maximum Gasteiger partial charge on any atom is 0.258 e. The summed E-state index contributed by atoms with van der Waals surface area (Å²) in [6.07, 6.45) is 1.14. The van der Waals surface area contributed by atoms with Crippen LogP contribution >= 0.6 is 0 Å². The molecular formula is C26H26N2O3. The number of hydrogen-bond donors (Lipinski definition) is 1. The summed E-state index contributed by atoms with van der Waals surface area (Å²) in [7, 11) is 1.62. The van der Waals surface area contributed by atoms with Gasteiger partial charge in [-0.1, -0.05) is 42.5 Å². The van der Waals surface area contributed by atoms with E-state index in [4.69, 9.17) is 4.74 Å². The van der Waals surface area contributed by atoms with Crippen LogP contribution in [0, 0.1) is 0 Å². The molecule has 0 aromatic heterocycles. The Balaban J connectivity index is 1.43. The summed E-state index contributed by atoms with van der Waals surface area (Å²) in [6, 6.07) is 23.0. The molecule has 1 aliphatic heterocycles. The number of anilines is 1. The third-order valence-electron chi connectivity index (χ3n) is 5.62. The van der Waals surface area contributed by atoms with Crippen LogP contribution in [0.2, 0.25) is 0 Å². The van der Waals surface area contributed by atoms with Gasteiger partial charge in [-0.25, -0.2) is 0 Å². The van der Waals surface area contributed by atoms with Gasteiger partial charge >= 0.3 is 0 Å². The molecule has 0 aliphatic carbocycles. The largest absolute Gasteiger partial charge is 0.497 e. The molecule has 0 spiro atoms. The summed E-state index contributed by atoms with van der Waals surface area (Å²) in [5, 5.41) is 2.98. The average molecular weight is 415 g/mol. The molecule has 0 fully saturated rings. The summed E-state index contributed by atoms with van der Waals surface area (Å²) in [4.78, 5) is 27.3. The maximum atomic E-state index is 13.1. The lowest BCUT2D eigenvalue weighted by Crippen LogP contribution is -2.35. The third-order valence-corrected chi connectivity index (χ3v) is 5.62. The van der Waals surface area contributed by atoms with E-state index >= 15 is 0 Å². The first-order valence-corrected chi connectivity index (χ1v) is 10.4. The molecule has 31 heavy (non-hydrogen) atoms. The van der Waals surface area contributed by atoms with Gasteiger partial charge in [-0.15, -0.1) is 0 Å². The van der Waals surface area contributed by atoms with Gasteiger partial charge in [-0.3, -0.25) is 9.59 Å². The molecule has 1 atom stereocenters. The van der Waals surface area contributed by atoms with Crippen molar-refractivity contribution in [2.24, 2.45) is 0 Å². The molecule has 5 heteroatoms. The van der Waals surface area contributed by atoms with Gasteiger partial charge in [0, 0.05) is 23.8 Å². The highest BCUT2D eigenvalue weighted by Gasteiger charge is 2.31. The van der Waals surface area contributed by atoms with Gasteiger partial charge < -0.3 is 15.0 Å². The Morgan fingerprint density at radius 3 is 2.42 bits per heavy atom. The predicted octanol–water partition coefficient (Wildman–Crippen LogP) is 4.15. The Morgan fingerprint density at radius 2 is 1.71 bits per heavy atom. The minimum Gasteiger partial charge on any atom is -0.497 e. The van der Waals surface area contributed by atoms with Crippen molar-refractivity contribution in [1.82, 2.24) is 5.32 Å². The molecule has 5 nitrogen and oxygen atoms in total. The Hall–Kier alpha value is -3.60. The molecule has 0 unspecified atom stereocenters. The fourth-order valence-corrected chi connectivity index (χ4v) is 3.98. The van der Waals surface area contributed by atoms with E-state index in [9.17, 15) is 9.59 Å². The minimum atomic E-state index is -0.0451. The molecule has 158 valence electrons. The van der Waals surface area contributed by atoms with Gasteiger partial charge in [0.05, 0.1) is 13.5 Å². The number of rotatable bonds is 6. The predicted molar refractivity (Wildman–Crippen MR) is 121 cm³/mol. The van der Waals surface area contributed by atoms with Crippen molar-refractivity contribution in [2.45, 2.75) is 32.4 Å². The van der Waals surface area contributed by atoms with Crippen molar-refractivity contribution in [1.29, 1.82) is 0 Å². The minimum absolute atomic E-state index is 0.00698. The van der Waals surface area contributed by atoms with Gasteiger partial charge in [0.25, 0.3) is 5.91 Å². The number of carbonyl (C=O) groups excluding carboxylic acids is 2. The van der Waals surface area contributed by atoms with E-state index in [2.05, 4.69) is 18.3 Å². The van der Waals surface area contributed by atoms with Gasteiger partial charge in [0.1, 0.15) is 5.75 Å². The second-order valence-corrected chi connectivity index (χ2v) is 7.86. The monoisotopic (exact) mass is 414 g/mol. The summed E-state index contributed by atoms with van der Waals surface area (Å²) < 4.78 is 5.15. The van der Waals surface area contributed by atoms with Crippen LogP contribution in [0.3, 0.4) is 0 Å². The second-order valence-electron chi connectivity index (χ2n) is 7.86. The normalized spacial score (nSPS) is 14.8.